The maximum absolute atomic E-state index is 10.0. The molecular formula is C21H15ClN6. The second-order valence-electron chi connectivity index (χ2n) is 6.56. The van der Waals surface area contributed by atoms with Crippen molar-refractivity contribution in [2.45, 2.75) is 12.8 Å². The minimum atomic E-state index is 0.476. The van der Waals surface area contributed by atoms with Crippen LogP contribution in [0.1, 0.15) is 17.7 Å². The lowest BCUT2D eigenvalue weighted by Gasteiger charge is -2.11. The van der Waals surface area contributed by atoms with Crippen molar-refractivity contribution in [3.05, 3.63) is 66.0 Å². The van der Waals surface area contributed by atoms with Gasteiger partial charge in [0.15, 0.2) is 5.65 Å². The molecule has 0 bridgehead atoms. The summed E-state index contributed by atoms with van der Waals surface area (Å²) < 4.78 is 3.72. The van der Waals surface area contributed by atoms with Gasteiger partial charge in [0.2, 0.25) is 0 Å². The molecule has 5 rings (SSSR count). The summed E-state index contributed by atoms with van der Waals surface area (Å²) in [6.07, 6.45) is 3.45. The van der Waals surface area contributed by atoms with E-state index < -0.39 is 0 Å². The molecule has 0 fully saturated rings. The Labute approximate surface area is 165 Å². The summed E-state index contributed by atoms with van der Waals surface area (Å²) in [6, 6.07) is 18.2. The van der Waals surface area contributed by atoms with E-state index in [0.29, 0.717) is 22.8 Å². The second-order valence-corrected chi connectivity index (χ2v) is 6.94. The van der Waals surface area contributed by atoms with Gasteiger partial charge < -0.3 is 0 Å². The van der Waals surface area contributed by atoms with Gasteiger partial charge in [-0.05, 0) is 31.0 Å². The SMILES string of the molecule is N#Cc1c(-n2cc(CCCCl)nn2)c2ccccc2n2c1nc1ccccc12. The molecule has 0 atom stereocenters. The fourth-order valence-corrected chi connectivity index (χ4v) is 3.79. The van der Waals surface area contributed by atoms with E-state index in [1.165, 1.54) is 0 Å². The van der Waals surface area contributed by atoms with Gasteiger partial charge in [-0.3, -0.25) is 4.40 Å². The first-order chi connectivity index (χ1) is 13.8. The van der Waals surface area contributed by atoms with E-state index in [4.69, 9.17) is 16.6 Å². The highest BCUT2D eigenvalue weighted by Crippen LogP contribution is 2.32. The number of fused-ring (bicyclic) bond motifs is 5. The number of alkyl halides is 1. The van der Waals surface area contributed by atoms with Crippen LogP contribution in [0.15, 0.2) is 54.7 Å². The van der Waals surface area contributed by atoms with E-state index in [2.05, 4.69) is 16.4 Å². The van der Waals surface area contributed by atoms with Gasteiger partial charge in [-0.15, -0.1) is 16.7 Å². The largest absolute Gasteiger partial charge is 0.291 e. The quantitative estimate of drug-likeness (QED) is 0.432. The number of pyridine rings is 1. The molecule has 0 aliphatic rings. The molecule has 0 saturated carbocycles. The molecule has 7 heteroatoms. The zero-order chi connectivity index (χ0) is 19.1. The van der Waals surface area contributed by atoms with Gasteiger partial charge in [0.1, 0.15) is 11.6 Å². The van der Waals surface area contributed by atoms with Crippen molar-refractivity contribution in [2.75, 3.05) is 5.88 Å². The average molecular weight is 387 g/mol. The normalized spacial score (nSPS) is 11.4. The molecule has 3 heterocycles. The topological polar surface area (TPSA) is 71.8 Å². The van der Waals surface area contributed by atoms with Gasteiger partial charge in [0.05, 0.1) is 34.1 Å². The molecule has 136 valence electrons. The zero-order valence-corrected chi connectivity index (χ0v) is 15.6. The van der Waals surface area contributed by atoms with Gasteiger partial charge in [0.25, 0.3) is 0 Å². The predicted molar refractivity (Wildman–Crippen MR) is 109 cm³/mol. The molecule has 3 aromatic heterocycles. The standard InChI is InChI=1S/C21H15ClN6/c22-11-5-6-14-13-27(26-25-14)20-15-7-1-3-9-18(15)28-19-10-4-2-8-17(19)24-21(28)16(20)12-23/h1-4,7-10,13H,5-6,11H2. The number of aromatic nitrogens is 5. The van der Waals surface area contributed by atoms with E-state index in [1.807, 2.05) is 59.1 Å². The van der Waals surface area contributed by atoms with Crippen molar-refractivity contribution in [2.24, 2.45) is 0 Å². The molecule has 0 N–H and O–H groups in total. The van der Waals surface area contributed by atoms with Crippen LogP contribution < -0.4 is 0 Å². The summed E-state index contributed by atoms with van der Waals surface area (Å²) in [4.78, 5) is 4.74. The third kappa shape index (κ3) is 2.44. The lowest BCUT2D eigenvalue weighted by molar-refractivity contribution is 0.794. The van der Waals surface area contributed by atoms with Crippen LogP contribution in [0.25, 0.3) is 33.3 Å². The first kappa shape index (κ1) is 16.7. The highest BCUT2D eigenvalue weighted by molar-refractivity contribution is 6.17. The average Bonchev–Trinajstić information content (AvgIpc) is 3.35. The highest BCUT2D eigenvalue weighted by Gasteiger charge is 2.20. The summed E-state index contributed by atoms with van der Waals surface area (Å²) in [5.74, 6) is 0.575. The van der Waals surface area contributed by atoms with E-state index >= 15 is 0 Å². The highest BCUT2D eigenvalue weighted by atomic mass is 35.5. The number of hydrogen-bond donors (Lipinski definition) is 0. The summed E-state index contributed by atoms with van der Waals surface area (Å²) in [5, 5.41) is 19.5. The number of para-hydroxylation sites is 3. The number of hydrogen-bond acceptors (Lipinski definition) is 4. The lowest BCUT2D eigenvalue weighted by Crippen LogP contribution is -2.04. The van der Waals surface area contributed by atoms with E-state index in [1.54, 1.807) is 4.68 Å². The van der Waals surface area contributed by atoms with Gasteiger partial charge in [0, 0.05) is 11.3 Å². The smallest absolute Gasteiger partial charge is 0.158 e. The fourth-order valence-electron chi connectivity index (χ4n) is 3.66. The number of nitriles is 1. The summed E-state index contributed by atoms with van der Waals surface area (Å²) in [7, 11) is 0. The van der Waals surface area contributed by atoms with Crippen LogP contribution >= 0.6 is 11.6 Å². The van der Waals surface area contributed by atoms with Gasteiger partial charge in [-0.1, -0.05) is 35.5 Å². The molecular weight excluding hydrogens is 372 g/mol. The van der Waals surface area contributed by atoms with Crippen LogP contribution in [-0.4, -0.2) is 30.3 Å². The second kappa shape index (κ2) is 6.63. The van der Waals surface area contributed by atoms with Crippen LogP contribution in [0.3, 0.4) is 0 Å². The molecule has 5 aromatic rings. The maximum atomic E-state index is 10.0. The first-order valence-corrected chi connectivity index (χ1v) is 9.55. The van der Waals surface area contributed by atoms with Crippen molar-refractivity contribution in [3.63, 3.8) is 0 Å². The zero-order valence-electron chi connectivity index (χ0n) is 14.9. The predicted octanol–water partition coefficient (Wildman–Crippen LogP) is 4.26. The van der Waals surface area contributed by atoms with Gasteiger partial charge >= 0.3 is 0 Å². The summed E-state index contributed by atoms with van der Waals surface area (Å²) in [5.41, 5.74) is 5.44. The number of imidazole rings is 1. The van der Waals surface area contributed by atoms with Crippen LogP contribution in [0, 0.1) is 11.3 Å². The lowest BCUT2D eigenvalue weighted by atomic mass is 10.1. The summed E-state index contributed by atoms with van der Waals surface area (Å²) in [6.45, 7) is 0. The van der Waals surface area contributed by atoms with Crippen LogP contribution in [0.2, 0.25) is 0 Å². The molecule has 0 spiro atoms. The number of halogens is 1. The number of rotatable bonds is 4. The molecule has 0 saturated heterocycles. The van der Waals surface area contributed by atoms with Crippen molar-refractivity contribution < 1.29 is 0 Å². The number of nitrogens with zero attached hydrogens (tertiary/aromatic N) is 6. The molecule has 0 aliphatic heterocycles. The van der Waals surface area contributed by atoms with E-state index in [-0.39, 0.29) is 0 Å². The number of benzene rings is 2. The van der Waals surface area contributed by atoms with Gasteiger partial charge in [-0.25, -0.2) is 9.67 Å². The van der Waals surface area contributed by atoms with E-state index in [9.17, 15) is 5.26 Å². The van der Waals surface area contributed by atoms with Gasteiger partial charge in [-0.2, -0.15) is 5.26 Å². The van der Waals surface area contributed by atoms with Crippen molar-refractivity contribution in [3.8, 4) is 11.8 Å². The Hall–Kier alpha value is -3.43. The third-order valence-corrected chi connectivity index (χ3v) is 5.14. The van der Waals surface area contributed by atoms with Crippen LogP contribution in [0.4, 0.5) is 0 Å². The maximum Gasteiger partial charge on any atom is 0.158 e. The third-order valence-electron chi connectivity index (χ3n) is 4.87. The fraction of sp³-hybridized carbons (Fsp3) is 0.143. The Kier molecular flexibility index (Phi) is 3.96. The molecule has 0 aliphatic carbocycles. The monoisotopic (exact) mass is 386 g/mol. The van der Waals surface area contributed by atoms with Crippen molar-refractivity contribution in [1.29, 1.82) is 5.26 Å². The minimum absolute atomic E-state index is 0.476. The summed E-state index contributed by atoms with van der Waals surface area (Å²) >= 11 is 5.80. The van der Waals surface area contributed by atoms with Crippen LogP contribution in [-0.2, 0) is 6.42 Å². The molecule has 0 amide bonds. The molecule has 28 heavy (non-hydrogen) atoms. The molecule has 6 nitrogen and oxygen atoms in total. The Morgan fingerprint density at radius 1 is 1.04 bits per heavy atom. The Morgan fingerprint density at radius 3 is 2.64 bits per heavy atom. The Balaban J connectivity index is 1.89. The Bertz CT molecular complexity index is 1370. The Morgan fingerprint density at radius 2 is 1.82 bits per heavy atom. The van der Waals surface area contributed by atoms with Crippen molar-refractivity contribution in [1.82, 2.24) is 24.4 Å². The van der Waals surface area contributed by atoms with Crippen LogP contribution in [0.5, 0.6) is 0 Å². The minimum Gasteiger partial charge on any atom is -0.291 e. The van der Waals surface area contributed by atoms with Crippen molar-refractivity contribution >= 4 is 39.2 Å². The molecule has 0 unspecified atom stereocenters. The molecule has 0 radical (unpaired) electrons. The molecule has 2 aromatic carbocycles. The first-order valence-electron chi connectivity index (χ1n) is 9.01. The van der Waals surface area contributed by atoms with E-state index in [0.717, 1.165) is 40.5 Å². The number of aryl methyl sites for hydroxylation is 1.